The maximum absolute atomic E-state index is 6.69. The molecule has 42 heavy (non-hydrogen) atoms. The fraction of sp³-hybridized carbons (Fsp3) is 0. The number of hydrogen-bond acceptors (Lipinski definition) is 2. The third-order valence-corrected chi connectivity index (χ3v) is 9.03. The first-order chi connectivity index (χ1) is 20.8. The molecule has 0 aliphatic heterocycles. The molecule has 2 heterocycles. The smallest absolute Gasteiger partial charge is 0.144 e. The summed E-state index contributed by atoms with van der Waals surface area (Å²) in [5.74, 6) is 0. The highest BCUT2D eigenvalue weighted by Crippen LogP contribution is 2.48. The molecule has 0 radical (unpaired) electrons. The largest absolute Gasteiger partial charge is 0.456 e. The van der Waals surface area contributed by atoms with E-state index in [9.17, 15) is 0 Å². The summed E-state index contributed by atoms with van der Waals surface area (Å²) in [4.78, 5) is 0. The summed E-state index contributed by atoms with van der Waals surface area (Å²) in [6, 6.07) is 47.6. The first-order valence-corrected chi connectivity index (χ1v) is 14.4. The van der Waals surface area contributed by atoms with Crippen LogP contribution in [0.4, 0.5) is 0 Å². The van der Waals surface area contributed by atoms with Crippen molar-refractivity contribution >= 4 is 76.2 Å². The third-order valence-electron chi connectivity index (χ3n) is 9.03. The second kappa shape index (κ2) is 7.99. The van der Waals surface area contributed by atoms with Gasteiger partial charge in [-0.2, -0.15) is 0 Å². The van der Waals surface area contributed by atoms with Gasteiger partial charge in [-0.3, -0.25) is 0 Å². The maximum Gasteiger partial charge on any atom is 0.144 e. The molecule has 10 rings (SSSR count). The van der Waals surface area contributed by atoms with Crippen LogP contribution in [0.5, 0.6) is 0 Å². The summed E-state index contributed by atoms with van der Waals surface area (Å²) in [6.45, 7) is 0. The number of furan rings is 2. The Balaban J connectivity index is 1.40. The molecular weight excluding hydrogens is 512 g/mol. The summed E-state index contributed by atoms with van der Waals surface area (Å²) in [5.41, 5.74) is 8.28. The highest BCUT2D eigenvalue weighted by atomic mass is 16.3. The third kappa shape index (κ3) is 2.83. The number of benzene rings is 8. The monoisotopic (exact) mass is 534 g/mol. The Bertz CT molecular complexity index is 2660. The summed E-state index contributed by atoms with van der Waals surface area (Å²) in [6.07, 6.45) is 0. The predicted octanol–water partition coefficient (Wildman–Crippen LogP) is 11.7. The average molecular weight is 535 g/mol. The van der Waals surface area contributed by atoms with E-state index in [0.717, 1.165) is 55.0 Å². The molecule has 10 aromatic rings. The Kier molecular flexibility index (Phi) is 4.21. The quantitative estimate of drug-likeness (QED) is 0.206. The van der Waals surface area contributed by atoms with Crippen molar-refractivity contribution in [3.8, 4) is 22.3 Å². The lowest BCUT2D eigenvalue weighted by Gasteiger charge is -2.17. The molecule has 0 bridgehead atoms. The topological polar surface area (TPSA) is 26.3 Å². The normalized spacial score (nSPS) is 12.3. The standard InChI is InChI=1S/C40H22O2/c1-2-8-23(9-3-1)26-18-14-24-16-20-29-30(21-17-25-15-19-28(26)36(24)37(25)29)39-38-31-11-5-7-13-34(31)41-35(38)22-32-27-10-4-6-12-33(27)42-40(32)39/h1-22H. The molecule has 0 unspecified atom stereocenters. The summed E-state index contributed by atoms with van der Waals surface area (Å²) in [7, 11) is 0. The van der Waals surface area contributed by atoms with Crippen LogP contribution in [0.2, 0.25) is 0 Å². The molecule has 0 aliphatic carbocycles. The van der Waals surface area contributed by atoms with E-state index in [1.807, 2.05) is 24.3 Å². The summed E-state index contributed by atoms with van der Waals surface area (Å²) >= 11 is 0. The Labute approximate surface area is 240 Å². The summed E-state index contributed by atoms with van der Waals surface area (Å²) in [5, 5.41) is 11.9. The van der Waals surface area contributed by atoms with E-state index in [4.69, 9.17) is 8.83 Å². The second-order valence-electron chi connectivity index (χ2n) is 11.2. The first-order valence-electron chi connectivity index (χ1n) is 14.4. The van der Waals surface area contributed by atoms with Crippen LogP contribution in [-0.4, -0.2) is 0 Å². The van der Waals surface area contributed by atoms with Gasteiger partial charge in [0.05, 0.1) is 0 Å². The molecule has 2 heteroatoms. The van der Waals surface area contributed by atoms with Crippen LogP contribution in [-0.2, 0) is 0 Å². The van der Waals surface area contributed by atoms with Gasteiger partial charge in [-0.15, -0.1) is 0 Å². The van der Waals surface area contributed by atoms with Crippen LogP contribution in [0.15, 0.2) is 142 Å². The molecule has 0 N–H and O–H groups in total. The van der Waals surface area contributed by atoms with Gasteiger partial charge in [-0.25, -0.2) is 0 Å². The SMILES string of the molecule is c1ccc(-c2ccc3ccc4c(-c5c6oc7ccccc7c6cc6oc7ccccc7c56)ccc5ccc2c3c54)cc1. The molecule has 0 fully saturated rings. The Morgan fingerprint density at radius 2 is 0.952 bits per heavy atom. The molecule has 2 aromatic heterocycles. The number of rotatable bonds is 2. The van der Waals surface area contributed by atoms with Gasteiger partial charge < -0.3 is 8.83 Å². The highest BCUT2D eigenvalue weighted by molar-refractivity contribution is 6.31. The van der Waals surface area contributed by atoms with Crippen molar-refractivity contribution in [2.45, 2.75) is 0 Å². The molecule has 0 spiro atoms. The van der Waals surface area contributed by atoms with Crippen LogP contribution in [0.25, 0.3) is 98.4 Å². The van der Waals surface area contributed by atoms with Crippen molar-refractivity contribution in [3.63, 3.8) is 0 Å². The lowest BCUT2D eigenvalue weighted by molar-refractivity contribution is 0.664. The fourth-order valence-corrected chi connectivity index (χ4v) is 7.21. The van der Waals surface area contributed by atoms with E-state index in [-0.39, 0.29) is 0 Å². The zero-order valence-corrected chi connectivity index (χ0v) is 22.5. The van der Waals surface area contributed by atoms with Gasteiger partial charge in [0, 0.05) is 27.1 Å². The van der Waals surface area contributed by atoms with Crippen LogP contribution in [0, 0.1) is 0 Å². The Morgan fingerprint density at radius 1 is 0.357 bits per heavy atom. The van der Waals surface area contributed by atoms with Crippen molar-refractivity contribution < 1.29 is 8.83 Å². The zero-order chi connectivity index (χ0) is 27.4. The minimum Gasteiger partial charge on any atom is -0.456 e. The van der Waals surface area contributed by atoms with Gasteiger partial charge in [-0.05, 0) is 67.2 Å². The van der Waals surface area contributed by atoms with Crippen molar-refractivity contribution in [2.75, 3.05) is 0 Å². The van der Waals surface area contributed by atoms with Crippen LogP contribution in [0.3, 0.4) is 0 Å². The molecule has 0 aliphatic rings. The molecule has 0 saturated heterocycles. The average Bonchev–Trinajstić information content (AvgIpc) is 3.61. The molecule has 0 saturated carbocycles. The van der Waals surface area contributed by atoms with E-state index >= 15 is 0 Å². The van der Waals surface area contributed by atoms with E-state index in [1.165, 1.54) is 43.4 Å². The lowest BCUT2D eigenvalue weighted by atomic mass is 9.86. The van der Waals surface area contributed by atoms with Crippen molar-refractivity contribution in [1.82, 2.24) is 0 Å². The van der Waals surface area contributed by atoms with Gasteiger partial charge in [0.15, 0.2) is 0 Å². The van der Waals surface area contributed by atoms with E-state index in [0.29, 0.717) is 0 Å². The predicted molar refractivity (Wildman–Crippen MR) is 176 cm³/mol. The molecular formula is C40H22O2. The van der Waals surface area contributed by atoms with Gasteiger partial charge in [0.1, 0.15) is 22.3 Å². The highest BCUT2D eigenvalue weighted by Gasteiger charge is 2.23. The molecule has 194 valence electrons. The summed E-state index contributed by atoms with van der Waals surface area (Å²) < 4.78 is 13.2. The second-order valence-corrected chi connectivity index (χ2v) is 11.2. The Morgan fingerprint density at radius 3 is 1.71 bits per heavy atom. The van der Waals surface area contributed by atoms with Gasteiger partial charge in [0.25, 0.3) is 0 Å². The van der Waals surface area contributed by atoms with E-state index in [1.54, 1.807) is 0 Å². The fourth-order valence-electron chi connectivity index (χ4n) is 7.21. The van der Waals surface area contributed by atoms with Gasteiger partial charge in [0.2, 0.25) is 0 Å². The number of hydrogen-bond donors (Lipinski definition) is 0. The van der Waals surface area contributed by atoms with Gasteiger partial charge in [-0.1, -0.05) is 115 Å². The zero-order valence-electron chi connectivity index (χ0n) is 22.5. The van der Waals surface area contributed by atoms with Crippen molar-refractivity contribution in [1.29, 1.82) is 0 Å². The van der Waals surface area contributed by atoms with E-state index in [2.05, 4.69) is 109 Å². The van der Waals surface area contributed by atoms with Crippen LogP contribution in [0.1, 0.15) is 0 Å². The molecule has 2 nitrogen and oxygen atoms in total. The first kappa shape index (κ1) is 22.1. The minimum atomic E-state index is 0.877. The van der Waals surface area contributed by atoms with Crippen LogP contribution >= 0.6 is 0 Å². The minimum absolute atomic E-state index is 0.877. The van der Waals surface area contributed by atoms with Crippen molar-refractivity contribution in [2.24, 2.45) is 0 Å². The number of fused-ring (bicyclic) bond motifs is 6. The van der Waals surface area contributed by atoms with E-state index < -0.39 is 0 Å². The Hall–Kier alpha value is -5.60. The number of para-hydroxylation sites is 2. The lowest BCUT2D eigenvalue weighted by Crippen LogP contribution is -1.90. The maximum atomic E-state index is 6.69. The van der Waals surface area contributed by atoms with Gasteiger partial charge >= 0.3 is 0 Å². The molecule has 8 aromatic carbocycles. The van der Waals surface area contributed by atoms with Crippen LogP contribution < -0.4 is 0 Å². The van der Waals surface area contributed by atoms with Crippen molar-refractivity contribution in [3.05, 3.63) is 133 Å². The molecule has 0 amide bonds. The molecule has 0 atom stereocenters.